The summed E-state index contributed by atoms with van der Waals surface area (Å²) in [7, 11) is -3.48. The molecule has 1 aliphatic heterocycles. The fourth-order valence-electron chi connectivity index (χ4n) is 3.80. The molecule has 2 N–H and O–H groups in total. The van der Waals surface area contributed by atoms with Crippen LogP contribution in [-0.4, -0.2) is 56.4 Å². The third-order valence-corrected chi connectivity index (χ3v) is 6.17. The number of rotatable bonds is 7. The van der Waals surface area contributed by atoms with E-state index in [1.165, 1.54) is 12.1 Å². The average molecular weight is 504 g/mol. The highest BCUT2D eigenvalue weighted by Gasteiger charge is 2.16. The maximum Gasteiger partial charge on any atom is 0.257 e. The van der Waals surface area contributed by atoms with E-state index in [1.807, 2.05) is 29.8 Å². The summed E-state index contributed by atoms with van der Waals surface area (Å²) in [6.07, 6.45) is 4.65. The van der Waals surface area contributed by atoms with Crippen molar-refractivity contribution in [2.24, 2.45) is 0 Å². The Morgan fingerprint density at radius 3 is 2.53 bits per heavy atom. The van der Waals surface area contributed by atoms with Gasteiger partial charge in [-0.05, 0) is 43.3 Å². The topological polar surface area (TPSA) is 106 Å². The Morgan fingerprint density at radius 1 is 1.15 bits per heavy atom. The fraction of sp³-hybridized carbons (Fsp3) is 0.304. The molecule has 0 saturated carbocycles. The van der Waals surface area contributed by atoms with Gasteiger partial charge in [-0.2, -0.15) is 0 Å². The number of carbonyl (C=O) groups excluding carboxylic acids is 1. The summed E-state index contributed by atoms with van der Waals surface area (Å²) in [5, 5.41) is 3.07. The number of sulfonamides is 1. The molecule has 3 heterocycles. The van der Waals surface area contributed by atoms with E-state index in [0.29, 0.717) is 36.0 Å². The van der Waals surface area contributed by atoms with E-state index in [9.17, 15) is 13.2 Å². The minimum atomic E-state index is -3.48. The van der Waals surface area contributed by atoms with Gasteiger partial charge in [-0.1, -0.05) is 11.6 Å². The monoisotopic (exact) mass is 503 g/mol. The molecule has 180 valence electrons. The molecule has 0 spiro atoms. The van der Waals surface area contributed by atoms with Crippen LogP contribution in [0, 0.1) is 0 Å². The van der Waals surface area contributed by atoms with Crippen LogP contribution in [0.25, 0.3) is 11.4 Å². The molecule has 0 atom stereocenters. The molecule has 0 radical (unpaired) electrons. The summed E-state index contributed by atoms with van der Waals surface area (Å²) < 4.78 is 32.8. The van der Waals surface area contributed by atoms with Crippen molar-refractivity contribution in [3.05, 3.63) is 59.4 Å². The molecule has 11 heteroatoms. The van der Waals surface area contributed by atoms with E-state index in [2.05, 4.69) is 19.9 Å². The first-order valence-electron chi connectivity index (χ1n) is 10.8. The van der Waals surface area contributed by atoms with Crippen LogP contribution in [0.4, 0.5) is 17.1 Å². The predicted octanol–water partition coefficient (Wildman–Crippen LogP) is 3.68. The fourth-order valence-corrected chi connectivity index (χ4v) is 4.58. The van der Waals surface area contributed by atoms with Crippen LogP contribution in [0.2, 0.25) is 5.02 Å². The van der Waals surface area contributed by atoms with Gasteiger partial charge in [0.2, 0.25) is 10.0 Å². The number of benzene rings is 1. The van der Waals surface area contributed by atoms with Crippen molar-refractivity contribution in [3.8, 4) is 11.4 Å². The van der Waals surface area contributed by atoms with Gasteiger partial charge in [-0.15, -0.1) is 0 Å². The van der Waals surface area contributed by atoms with Gasteiger partial charge in [-0.3, -0.25) is 14.5 Å². The molecule has 34 heavy (non-hydrogen) atoms. The van der Waals surface area contributed by atoms with Crippen LogP contribution in [0.5, 0.6) is 0 Å². The highest BCUT2D eigenvalue weighted by molar-refractivity contribution is 7.92. The quantitative estimate of drug-likeness (QED) is 0.509. The molecule has 3 aromatic rings. The summed E-state index contributed by atoms with van der Waals surface area (Å²) in [4.78, 5) is 19.8. The molecule has 0 bridgehead atoms. The predicted molar refractivity (Wildman–Crippen MR) is 134 cm³/mol. The number of carbonyl (C=O) groups is 1. The summed E-state index contributed by atoms with van der Waals surface area (Å²) in [5.41, 5.74) is 3.73. The Labute approximate surface area is 203 Å². The number of pyridine rings is 1. The van der Waals surface area contributed by atoms with Gasteiger partial charge in [0.1, 0.15) is 0 Å². The minimum Gasteiger partial charge on any atom is -0.378 e. The van der Waals surface area contributed by atoms with Crippen molar-refractivity contribution in [1.29, 1.82) is 0 Å². The number of aryl methyl sites for hydroxylation is 1. The van der Waals surface area contributed by atoms with Crippen LogP contribution < -0.4 is 14.9 Å². The molecule has 2 aromatic heterocycles. The number of anilines is 3. The lowest BCUT2D eigenvalue weighted by Crippen LogP contribution is -2.36. The third kappa shape index (κ3) is 5.88. The van der Waals surface area contributed by atoms with Gasteiger partial charge in [0.15, 0.2) is 0 Å². The smallest absolute Gasteiger partial charge is 0.257 e. The first-order chi connectivity index (χ1) is 16.2. The number of ether oxygens (including phenoxy) is 1. The number of hydrogen-bond acceptors (Lipinski definition) is 6. The van der Waals surface area contributed by atoms with E-state index >= 15 is 0 Å². The molecule has 1 amide bonds. The maximum absolute atomic E-state index is 13.0. The van der Waals surface area contributed by atoms with E-state index in [4.69, 9.17) is 16.3 Å². The zero-order valence-electron chi connectivity index (χ0n) is 18.9. The molecule has 4 rings (SSSR count). The van der Waals surface area contributed by atoms with Crippen LogP contribution in [-0.2, 0) is 21.3 Å². The number of hydrogen-bond donors (Lipinski definition) is 2. The number of aromatic nitrogens is 2. The van der Waals surface area contributed by atoms with E-state index in [1.54, 1.807) is 18.3 Å². The Kier molecular flexibility index (Phi) is 7.11. The van der Waals surface area contributed by atoms with Crippen LogP contribution in [0.1, 0.15) is 17.3 Å². The number of halogens is 1. The maximum atomic E-state index is 13.0. The van der Waals surface area contributed by atoms with Crippen molar-refractivity contribution in [3.63, 3.8) is 0 Å². The molecular weight excluding hydrogens is 478 g/mol. The second kappa shape index (κ2) is 10.0. The van der Waals surface area contributed by atoms with E-state index in [0.717, 1.165) is 36.4 Å². The zero-order valence-corrected chi connectivity index (χ0v) is 20.5. The van der Waals surface area contributed by atoms with E-state index < -0.39 is 10.0 Å². The molecule has 1 fully saturated rings. The lowest BCUT2D eigenvalue weighted by atomic mass is 10.2. The van der Waals surface area contributed by atoms with Gasteiger partial charge in [0, 0.05) is 36.5 Å². The van der Waals surface area contributed by atoms with Gasteiger partial charge < -0.3 is 19.5 Å². The summed E-state index contributed by atoms with van der Waals surface area (Å²) in [5.74, 6) is -0.342. The first-order valence-corrected chi connectivity index (χ1v) is 13.1. The SMILES string of the molecule is CCn1cc(C(=O)Nc2cc(Cl)cc(NS(C)(=O)=O)c2)cc1-c1ccc(N2CCOCC2)cn1. The second-order valence-corrected chi connectivity index (χ2v) is 10.1. The van der Waals surface area contributed by atoms with Crippen LogP contribution >= 0.6 is 11.6 Å². The minimum absolute atomic E-state index is 0.265. The molecule has 1 aromatic carbocycles. The zero-order chi connectivity index (χ0) is 24.3. The third-order valence-electron chi connectivity index (χ3n) is 5.34. The Morgan fingerprint density at radius 2 is 1.88 bits per heavy atom. The van der Waals surface area contributed by atoms with Gasteiger partial charge in [-0.25, -0.2) is 8.42 Å². The highest BCUT2D eigenvalue weighted by atomic mass is 35.5. The largest absolute Gasteiger partial charge is 0.378 e. The van der Waals surface area contributed by atoms with Gasteiger partial charge in [0.05, 0.1) is 54.0 Å². The average Bonchev–Trinajstić information content (AvgIpc) is 3.23. The lowest BCUT2D eigenvalue weighted by Gasteiger charge is -2.28. The van der Waals surface area contributed by atoms with Crippen molar-refractivity contribution < 1.29 is 17.9 Å². The molecular formula is C23H26ClN5O4S. The summed E-state index contributed by atoms with van der Waals surface area (Å²) >= 11 is 6.10. The Balaban J connectivity index is 1.54. The van der Waals surface area contributed by atoms with Crippen molar-refractivity contribution in [1.82, 2.24) is 9.55 Å². The lowest BCUT2D eigenvalue weighted by molar-refractivity contribution is 0.102. The molecule has 1 aliphatic rings. The summed E-state index contributed by atoms with van der Waals surface area (Å²) in [6.45, 7) is 5.74. The number of nitrogens with one attached hydrogen (secondary N) is 2. The Hall–Kier alpha value is -3.08. The molecule has 0 unspecified atom stereocenters. The van der Waals surface area contributed by atoms with Crippen LogP contribution in [0.3, 0.4) is 0 Å². The van der Waals surface area contributed by atoms with E-state index in [-0.39, 0.29) is 11.6 Å². The molecule has 9 nitrogen and oxygen atoms in total. The number of nitrogens with zero attached hydrogens (tertiary/aromatic N) is 3. The first kappa shape index (κ1) is 24.1. The number of morpholine rings is 1. The van der Waals surface area contributed by atoms with Crippen molar-refractivity contribution in [2.75, 3.05) is 47.5 Å². The molecule has 1 saturated heterocycles. The normalized spacial score (nSPS) is 14.1. The summed E-state index contributed by atoms with van der Waals surface area (Å²) in [6, 6.07) is 10.3. The van der Waals surface area contributed by atoms with Gasteiger partial charge in [0.25, 0.3) is 5.91 Å². The van der Waals surface area contributed by atoms with Gasteiger partial charge >= 0.3 is 0 Å². The van der Waals surface area contributed by atoms with Crippen molar-refractivity contribution in [2.45, 2.75) is 13.5 Å². The number of amides is 1. The van der Waals surface area contributed by atoms with Crippen molar-refractivity contribution >= 4 is 44.6 Å². The van der Waals surface area contributed by atoms with Crippen LogP contribution in [0.15, 0.2) is 48.8 Å². The molecule has 0 aliphatic carbocycles. The second-order valence-electron chi connectivity index (χ2n) is 7.96. The Bertz CT molecular complexity index is 1290. The standard InChI is InChI=1S/C23H26ClN5O4S/c1-3-28-15-16(23(30)26-18-11-17(24)12-19(13-18)27-34(2,31)32)10-22(28)21-5-4-20(14-25-21)29-6-8-33-9-7-29/h4-5,10-15,27H,3,6-9H2,1-2H3,(H,26,30). The highest BCUT2D eigenvalue weighted by Crippen LogP contribution is 2.26.